The normalized spacial score (nSPS) is 20.4. The fraction of sp³-hybridized carbons (Fsp3) is 0.875. The van der Waals surface area contributed by atoms with E-state index in [1.54, 1.807) is 0 Å². The fourth-order valence-corrected chi connectivity index (χ4v) is 23.8. The zero-order valence-corrected chi connectivity index (χ0v) is 22.5. The Morgan fingerprint density at radius 3 is 1.93 bits per heavy atom. The third kappa shape index (κ3) is 7.57. The summed E-state index contributed by atoms with van der Waals surface area (Å²) in [5.41, 5.74) is -0.433. The average molecular weight is 500 g/mol. The van der Waals surface area contributed by atoms with Crippen molar-refractivity contribution in [3.63, 3.8) is 0 Å². The average Bonchev–Trinajstić information content (AvgIpc) is 3.05. The SMILES string of the molecule is C=CCC1CC[CH]([Sn]([CH2]CCC)([CH2]CCC)[CH2]CCC)N1C(=O)OC(C)(C)C. The van der Waals surface area contributed by atoms with E-state index >= 15 is 0 Å². The minimum atomic E-state index is -2.55. The number of hydrogen-bond acceptors (Lipinski definition) is 2. The number of carbonyl (C=O) groups is 1. The zero-order chi connectivity index (χ0) is 21.2. The molecule has 0 radical (unpaired) electrons. The standard InChI is InChI=1S/C12H20NO2.3C4H9.Sn/c1-5-7-10-8-6-9-13(10)11(14)15-12(2,3)4;3*1-3-4-2;/h5,9-10H,1,6-8H2,2-4H3;3*1,3-4H2,2H3;. The Hall–Kier alpha value is -0.191. The Balaban J connectivity index is 3.26. The van der Waals surface area contributed by atoms with Gasteiger partial charge in [0.25, 0.3) is 0 Å². The first-order valence-corrected chi connectivity index (χ1v) is 19.6. The summed E-state index contributed by atoms with van der Waals surface area (Å²) < 4.78 is 10.8. The number of carbonyl (C=O) groups excluding carboxylic acids is 1. The summed E-state index contributed by atoms with van der Waals surface area (Å²) in [5, 5.41) is 0. The van der Waals surface area contributed by atoms with Crippen molar-refractivity contribution in [1.82, 2.24) is 4.90 Å². The topological polar surface area (TPSA) is 29.5 Å². The zero-order valence-electron chi connectivity index (χ0n) is 19.7. The molecule has 1 aliphatic heterocycles. The third-order valence-electron chi connectivity index (χ3n) is 6.34. The Bertz CT molecular complexity index is 450. The number of nitrogens with zero attached hydrogens (tertiary/aromatic N) is 1. The molecule has 0 saturated carbocycles. The summed E-state index contributed by atoms with van der Waals surface area (Å²) in [6.45, 7) is 16.9. The third-order valence-corrected chi connectivity index (χ3v) is 23.5. The van der Waals surface area contributed by atoms with Crippen LogP contribution in [-0.4, -0.2) is 45.1 Å². The first-order chi connectivity index (χ1) is 13.2. The van der Waals surface area contributed by atoms with Crippen molar-refractivity contribution in [2.24, 2.45) is 0 Å². The van der Waals surface area contributed by atoms with Crippen LogP contribution in [0.1, 0.15) is 99.3 Å². The molecule has 1 heterocycles. The van der Waals surface area contributed by atoms with Gasteiger partial charge in [0.1, 0.15) is 0 Å². The van der Waals surface area contributed by atoms with Gasteiger partial charge in [0.15, 0.2) is 0 Å². The van der Waals surface area contributed by atoms with Crippen LogP contribution < -0.4 is 0 Å². The van der Waals surface area contributed by atoms with Gasteiger partial charge in [-0.15, -0.1) is 0 Å². The van der Waals surface area contributed by atoms with E-state index in [1.165, 1.54) is 58.3 Å². The van der Waals surface area contributed by atoms with Gasteiger partial charge in [0, 0.05) is 0 Å². The van der Waals surface area contributed by atoms with Gasteiger partial charge < -0.3 is 0 Å². The molecule has 0 bridgehead atoms. The van der Waals surface area contributed by atoms with Crippen LogP contribution in [0.4, 0.5) is 4.79 Å². The molecule has 28 heavy (non-hydrogen) atoms. The molecule has 2 atom stereocenters. The first kappa shape index (κ1) is 25.8. The maximum absolute atomic E-state index is 13.3. The summed E-state index contributed by atoms with van der Waals surface area (Å²) in [7, 11) is 0. The number of likely N-dealkylation sites (tertiary alicyclic amines) is 1. The van der Waals surface area contributed by atoms with Gasteiger partial charge in [0.05, 0.1) is 0 Å². The molecular weight excluding hydrogens is 453 g/mol. The van der Waals surface area contributed by atoms with Crippen LogP contribution in [0.3, 0.4) is 0 Å². The minimum absolute atomic E-state index is 0.0626. The van der Waals surface area contributed by atoms with Crippen LogP contribution in [0.5, 0.6) is 0 Å². The quantitative estimate of drug-likeness (QED) is 0.203. The summed E-state index contributed by atoms with van der Waals surface area (Å²) in [5.74, 6) is 0. The molecule has 1 fully saturated rings. The van der Waals surface area contributed by atoms with Crippen LogP contribution in [0, 0.1) is 0 Å². The van der Waals surface area contributed by atoms with Gasteiger partial charge in [-0.1, -0.05) is 0 Å². The van der Waals surface area contributed by atoms with Gasteiger partial charge >= 0.3 is 180 Å². The second-order valence-electron chi connectivity index (χ2n) is 9.83. The van der Waals surface area contributed by atoms with Crippen LogP contribution in [0.25, 0.3) is 0 Å². The molecule has 3 nitrogen and oxygen atoms in total. The Morgan fingerprint density at radius 2 is 1.54 bits per heavy atom. The van der Waals surface area contributed by atoms with E-state index in [-0.39, 0.29) is 6.09 Å². The van der Waals surface area contributed by atoms with Crippen LogP contribution in [0.15, 0.2) is 12.7 Å². The van der Waals surface area contributed by atoms with E-state index in [2.05, 4.69) is 32.3 Å². The van der Waals surface area contributed by atoms with Gasteiger partial charge in [-0.2, -0.15) is 0 Å². The van der Waals surface area contributed by atoms with Crippen LogP contribution >= 0.6 is 0 Å². The molecule has 0 spiro atoms. The molecule has 0 aromatic rings. The maximum atomic E-state index is 13.3. The monoisotopic (exact) mass is 501 g/mol. The number of rotatable bonds is 12. The van der Waals surface area contributed by atoms with E-state index in [1.807, 2.05) is 26.8 Å². The summed E-state index contributed by atoms with van der Waals surface area (Å²) in [6.07, 6.45) is 13.0. The van der Waals surface area contributed by atoms with Crippen molar-refractivity contribution in [2.45, 2.75) is 128 Å². The van der Waals surface area contributed by atoms with Crippen molar-refractivity contribution in [3.05, 3.63) is 12.7 Å². The van der Waals surface area contributed by atoms with E-state index in [0.29, 0.717) is 10.1 Å². The molecule has 1 rings (SSSR count). The van der Waals surface area contributed by atoms with Gasteiger partial charge in [-0.3, -0.25) is 0 Å². The fourth-order valence-electron chi connectivity index (χ4n) is 4.96. The molecule has 1 saturated heterocycles. The number of hydrogen-bond donors (Lipinski definition) is 0. The molecule has 0 aliphatic carbocycles. The summed E-state index contributed by atoms with van der Waals surface area (Å²) >= 11 is -2.55. The van der Waals surface area contributed by atoms with E-state index in [4.69, 9.17) is 4.74 Å². The molecular formula is C24H47NO2Sn. The van der Waals surface area contributed by atoms with Gasteiger partial charge in [-0.05, 0) is 0 Å². The second kappa shape index (κ2) is 12.5. The predicted octanol–water partition coefficient (Wildman–Crippen LogP) is 7.72. The van der Waals surface area contributed by atoms with Crippen molar-refractivity contribution in [2.75, 3.05) is 0 Å². The van der Waals surface area contributed by atoms with Crippen LogP contribution in [-0.2, 0) is 4.74 Å². The van der Waals surface area contributed by atoms with Crippen molar-refractivity contribution < 1.29 is 9.53 Å². The number of ether oxygens (including phenoxy) is 1. The molecule has 0 aromatic heterocycles. The summed E-state index contributed by atoms with van der Waals surface area (Å²) in [4.78, 5) is 15.6. The van der Waals surface area contributed by atoms with Crippen molar-refractivity contribution >= 4 is 24.5 Å². The van der Waals surface area contributed by atoms with E-state index in [0.717, 1.165) is 12.8 Å². The van der Waals surface area contributed by atoms with Gasteiger partial charge in [0.2, 0.25) is 0 Å². The van der Waals surface area contributed by atoms with Crippen molar-refractivity contribution in [3.8, 4) is 0 Å². The number of unbranched alkanes of at least 4 members (excludes halogenated alkanes) is 3. The molecule has 1 aliphatic rings. The van der Waals surface area contributed by atoms with Crippen molar-refractivity contribution in [1.29, 1.82) is 0 Å². The summed E-state index contributed by atoms with van der Waals surface area (Å²) in [6, 6.07) is 0.290. The van der Waals surface area contributed by atoms with E-state index < -0.39 is 24.0 Å². The molecule has 1 amide bonds. The second-order valence-corrected chi connectivity index (χ2v) is 23.8. The molecule has 0 aromatic carbocycles. The molecule has 0 N–H and O–H groups in total. The first-order valence-electron chi connectivity index (χ1n) is 11.9. The molecule has 164 valence electrons. The Labute approximate surface area is 179 Å². The predicted molar refractivity (Wildman–Crippen MR) is 125 cm³/mol. The van der Waals surface area contributed by atoms with Gasteiger partial charge in [-0.25, -0.2) is 0 Å². The van der Waals surface area contributed by atoms with E-state index in [9.17, 15) is 4.79 Å². The molecule has 4 heteroatoms. The van der Waals surface area contributed by atoms with Crippen LogP contribution in [0.2, 0.25) is 13.3 Å². The Kier molecular flexibility index (Phi) is 11.5. The Morgan fingerprint density at radius 1 is 1.04 bits per heavy atom. The number of amides is 1. The molecule has 2 unspecified atom stereocenters.